The molecule has 1 saturated carbocycles. The zero-order chi connectivity index (χ0) is 14.8. The number of hydrogen-bond donors (Lipinski definition) is 1. The van der Waals surface area contributed by atoms with E-state index < -0.39 is 5.60 Å². The molecule has 2 aliphatic rings. The number of rotatable bonds is 5. The van der Waals surface area contributed by atoms with Gasteiger partial charge < -0.3 is 9.84 Å². The van der Waals surface area contributed by atoms with Crippen LogP contribution in [0.3, 0.4) is 0 Å². The first-order valence-corrected chi connectivity index (χ1v) is 7.42. The smallest absolute Gasteiger partial charge is 0.229 e. The van der Waals surface area contributed by atoms with Crippen LogP contribution in [-0.4, -0.2) is 47.7 Å². The first-order chi connectivity index (χ1) is 9.37. The number of ether oxygens (including phenoxy) is 1. The van der Waals surface area contributed by atoms with Crippen molar-refractivity contribution in [3.63, 3.8) is 0 Å². The number of piperidine rings is 1. The van der Waals surface area contributed by atoms with E-state index in [2.05, 4.69) is 0 Å². The fourth-order valence-corrected chi connectivity index (χ4v) is 3.43. The molecule has 5 heteroatoms. The molecule has 1 N–H and O–H groups in total. The molecule has 1 unspecified atom stereocenters. The lowest BCUT2D eigenvalue weighted by Gasteiger charge is -2.39. The summed E-state index contributed by atoms with van der Waals surface area (Å²) >= 11 is 0. The maximum atomic E-state index is 12.3. The highest BCUT2D eigenvalue weighted by atomic mass is 16.5. The molecule has 114 valence electrons. The van der Waals surface area contributed by atoms with E-state index in [-0.39, 0.29) is 23.8 Å². The number of aliphatic hydroxyl groups is 1. The molecular formula is C15H25NO4. The topological polar surface area (TPSA) is 66.8 Å². The van der Waals surface area contributed by atoms with Crippen LogP contribution in [0.2, 0.25) is 0 Å². The minimum Gasteiger partial charge on any atom is -0.388 e. The third-order valence-electron chi connectivity index (χ3n) is 4.66. The van der Waals surface area contributed by atoms with Crippen LogP contribution < -0.4 is 0 Å². The van der Waals surface area contributed by atoms with E-state index in [1.165, 1.54) is 4.90 Å². The second kappa shape index (κ2) is 5.82. The molecule has 1 atom stereocenters. The van der Waals surface area contributed by atoms with E-state index in [0.717, 1.165) is 25.7 Å². The third-order valence-corrected chi connectivity index (χ3v) is 4.66. The van der Waals surface area contributed by atoms with Gasteiger partial charge in [0.25, 0.3) is 0 Å². The molecule has 1 saturated heterocycles. The Morgan fingerprint density at radius 2 is 1.80 bits per heavy atom. The molecule has 5 nitrogen and oxygen atoms in total. The van der Waals surface area contributed by atoms with Crippen molar-refractivity contribution in [1.82, 2.24) is 4.90 Å². The van der Waals surface area contributed by atoms with Crippen molar-refractivity contribution in [2.24, 2.45) is 5.41 Å². The molecule has 0 radical (unpaired) electrons. The molecule has 2 rings (SSSR count). The van der Waals surface area contributed by atoms with E-state index in [1.54, 1.807) is 14.0 Å². The Hall–Kier alpha value is -0.940. The van der Waals surface area contributed by atoms with Crippen LogP contribution in [0, 0.1) is 5.41 Å². The maximum absolute atomic E-state index is 12.3. The van der Waals surface area contributed by atoms with Crippen molar-refractivity contribution in [2.45, 2.75) is 57.5 Å². The molecule has 20 heavy (non-hydrogen) atoms. The standard InChI is InChI=1S/C15H25NO4/c1-14(19,7-8-20-2)11-16-12(17)9-15(10-13(16)18)5-3-4-6-15/h19H,3-11H2,1-2H3. The second-order valence-electron chi connectivity index (χ2n) is 6.67. The number of imide groups is 1. The van der Waals surface area contributed by atoms with Crippen molar-refractivity contribution >= 4 is 11.8 Å². The summed E-state index contributed by atoms with van der Waals surface area (Å²) in [6, 6.07) is 0. The lowest BCUT2D eigenvalue weighted by atomic mass is 9.76. The highest BCUT2D eigenvalue weighted by Crippen LogP contribution is 2.47. The summed E-state index contributed by atoms with van der Waals surface area (Å²) in [6.45, 7) is 2.13. The van der Waals surface area contributed by atoms with Crippen LogP contribution >= 0.6 is 0 Å². The Morgan fingerprint density at radius 3 is 2.30 bits per heavy atom. The summed E-state index contributed by atoms with van der Waals surface area (Å²) in [4.78, 5) is 25.8. The number of carbonyl (C=O) groups excluding carboxylic acids is 2. The fraction of sp³-hybridized carbons (Fsp3) is 0.867. The van der Waals surface area contributed by atoms with Gasteiger partial charge in [-0.3, -0.25) is 14.5 Å². The summed E-state index contributed by atoms with van der Waals surface area (Å²) in [5.41, 5.74) is -1.16. The average Bonchev–Trinajstić information content (AvgIpc) is 2.80. The zero-order valence-corrected chi connectivity index (χ0v) is 12.5. The summed E-state index contributed by atoms with van der Waals surface area (Å²) < 4.78 is 4.95. The summed E-state index contributed by atoms with van der Waals surface area (Å²) in [7, 11) is 1.57. The van der Waals surface area contributed by atoms with Gasteiger partial charge in [-0.2, -0.15) is 0 Å². The van der Waals surface area contributed by atoms with Crippen LogP contribution in [0.25, 0.3) is 0 Å². The Labute approximate surface area is 120 Å². The maximum Gasteiger partial charge on any atom is 0.229 e. The van der Waals surface area contributed by atoms with Crippen molar-refractivity contribution in [1.29, 1.82) is 0 Å². The molecule has 2 fully saturated rings. The van der Waals surface area contributed by atoms with E-state index in [0.29, 0.717) is 25.9 Å². The number of β-amino-alcohol motifs (C(OH)–C–C–N with tert-alkyl or cyclic N) is 1. The highest BCUT2D eigenvalue weighted by molar-refractivity contribution is 5.98. The lowest BCUT2D eigenvalue weighted by molar-refractivity contribution is -0.157. The molecule has 0 aromatic carbocycles. The zero-order valence-electron chi connectivity index (χ0n) is 12.5. The minimum absolute atomic E-state index is 0.0735. The second-order valence-corrected chi connectivity index (χ2v) is 6.67. The van der Waals surface area contributed by atoms with Gasteiger partial charge >= 0.3 is 0 Å². The van der Waals surface area contributed by atoms with E-state index in [1.807, 2.05) is 0 Å². The van der Waals surface area contributed by atoms with E-state index >= 15 is 0 Å². The van der Waals surface area contributed by atoms with Crippen LogP contribution in [0.5, 0.6) is 0 Å². The average molecular weight is 283 g/mol. The quantitative estimate of drug-likeness (QED) is 0.776. The van der Waals surface area contributed by atoms with Gasteiger partial charge in [0.05, 0.1) is 12.1 Å². The first-order valence-electron chi connectivity index (χ1n) is 7.42. The van der Waals surface area contributed by atoms with Gasteiger partial charge in [0.15, 0.2) is 0 Å². The van der Waals surface area contributed by atoms with Crippen LogP contribution in [0.4, 0.5) is 0 Å². The highest BCUT2D eigenvalue weighted by Gasteiger charge is 2.46. The molecule has 1 aliphatic carbocycles. The Kier molecular flexibility index (Phi) is 4.49. The van der Waals surface area contributed by atoms with Crippen LogP contribution in [0.15, 0.2) is 0 Å². The summed E-state index contributed by atoms with van der Waals surface area (Å²) in [6.07, 6.45) is 5.53. The minimum atomic E-state index is -1.08. The van der Waals surface area contributed by atoms with Crippen LogP contribution in [-0.2, 0) is 14.3 Å². The van der Waals surface area contributed by atoms with Gasteiger partial charge in [-0.15, -0.1) is 0 Å². The van der Waals surface area contributed by atoms with Crippen molar-refractivity contribution < 1.29 is 19.4 Å². The summed E-state index contributed by atoms with van der Waals surface area (Å²) in [5.74, 6) is -0.248. The molecule has 1 heterocycles. The Bertz CT molecular complexity index is 365. The SMILES string of the molecule is COCCC(C)(O)CN1C(=O)CC2(CCCC2)CC1=O. The van der Waals surface area contributed by atoms with Gasteiger partial charge in [0.1, 0.15) is 0 Å². The van der Waals surface area contributed by atoms with Gasteiger partial charge in [0, 0.05) is 33.0 Å². The van der Waals surface area contributed by atoms with Gasteiger partial charge in [-0.1, -0.05) is 12.8 Å². The number of nitrogens with zero attached hydrogens (tertiary/aromatic N) is 1. The van der Waals surface area contributed by atoms with Crippen molar-refractivity contribution in [2.75, 3.05) is 20.3 Å². The van der Waals surface area contributed by atoms with E-state index in [9.17, 15) is 14.7 Å². The fourth-order valence-electron chi connectivity index (χ4n) is 3.43. The number of hydrogen-bond acceptors (Lipinski definition) is 4. The molecule has 0 aromatic heterocycles. The predicted octanol–water partition coefficient (Wildman–Crippen LogP) is 1.48. The third kappa shape index (κ3) is 3.38. The Morgan fingerprint density at radius 1 is 1.25 bits per heavy atom. The number of carbonyl (C=O) groups is 2. The normalized spacial score (nSPS) is 25.2. The number of methoxy groups -OCH3 is 1. The monoisotopic (exact) mass is 283 g/mol. The molecule has 2 amide bonds. The molecular weight excluding hydrogens is 258 g/mol. The lowest BCUT2D eigenvalue weighted by Crippen LogP contribution is -2.52. The Balaban J connectivity index is 1.99. The largest absolute Gasteiger partial charge is 0.388 e. The van der Waals surface area contributed by atoms with Crippen molar-refractivity contribution in [3.05, 3.63) is 0 Å². The van der Waals surface area contributed by atoms with Crippen molar-refractivity contribution in [3.8, 4) is 0 Å². The van der Waals surface area contributed by atoms with Gasteiger partial charge in [0.2, 0.25) is 11.8 Å². The predicted molar refractivity (Wildman–Crippen MR) is 74.0 cm³/mol. The van der Waals surface area contributed by atoms with E-state index in [4.69, 9.17) is 4.74 Å². The molecule has 0 bridgehead atoms. The molecule has 0 aromatic rings. The van der Waals surface area contributed by atoms with Gasteiger partial charge in [-0.05, 0) is 25.2 Å². The molecule has 1 aliphatic heterocycles. The number of likely N-dealkylation sites (tertiary alicyclic amines) is 1. The number of amides is 2. The summed E-state index contributed by atoms with van der Waals surface area (Å²) in [5, 5.41) is 10.3. The first kappa shape index (κ1) is 15.4. The van der Waals surface area contributed by atoms with Gasteiger partial charge in [-0.25, -0.2) is 0 Å². The molecule has 1 spiro atoms. The van der Waals surface area contributed by atoms with Crippen LogP contribution in [0.1, 0.15) is 51.9 Å².